The molecule has 0 bridgehead atoms. The van der Waals surface area contributed by atoms with Gasteiger partial charge in [0, 0.05) is 30.4 Å². The van der Waals surface area contributed by atoms with Crippen LogP contribution in [0.15, 0.2) is 42.5 Å². The molecule has 0 saturated carbocycles. The standard InChI is InChI=1S/C23H25F2N3O5/c1-31-18-5-2-4-17(13-18)26-22(30)28-8-3-10-32-23(15-28)14-27(9-11-33-23)21(29)16-6-7-19(24)20(25)12-16/h2,4-7,12-13H,3,8-11,14-15H2,1H3,(H,26,30). The average Bonchev–Trinajstić information content (AvgIpc) is 3.03. The zero-order valence-corrected chi connectivity index (χ0v) is 18.2. The summed E-state index contributed by atoms with van der Waals surface area (Å²) in [7, 11) is 1.55. The largest absolute Gasteiger partial charge is 0.497 e. The number of methoxy groups -OCH3 is 1. The van der Waals surface area contributed by atoms with Crippen LogP contribution in [-0.2, 0) is 9.47 Å². The van der Waals surface area contributed by atoms with Gasteiger partial charge in [0.15, 0.2) is 11.6 Å². The average molecular weight is 461 g/mol. The van der Waals surface area contributed by atoms with Crippen LogP contribution in [0.25, 0.3) is 0 Å². The maximum absolute atomic E-state index is 13.6. The molecule has 8 nitrogen and oxygen atoms in total. The van der Waals surface area contributed by atoms with Gasteiger partial charge in [0.25, 0.3) is 5.91 Å². The fourth-order valence-corrected chi connectivity index (χ4v) is 3.93. The first-order valence-corrected chi connectivity index (χ1v) is 10.6. The van der Waals surface area contributed by atoms with Gasteiger partial charge in [0.05, 0.1) is 33.4 Å². The topological polar surface area (TPSA) is 80.3 Å². The molecule has 4 rings (SSSR count). The molecule has 33 heavy (non-hydrogen) atoms. The number of benzene rings is 2. The lowest BCUT2D eigenvalue weighted by molar-refractivity contribution is -0.258. The van der Waals surface area contributed by atoms with E-state index in [0.29, 0.717) is 31.0 Å². The number of rotatable bonds is 3. The summed E-state index contributed by atoms with van der Waals surface area (Å²) < 4.78 is 44.0. The summed E-state index contributed by atoms with van der Waals surface area (Å²) in [6.45, 7) is 1.38. The molecule has 0 radical (unpaired) electrons. The molecule has 0 aromatic heterocycles. The number of hydrogen-bond acceptors (Lipinski definition) is 5. The fourth-order valence-electron chi connectivity index (χ4n) is 3.93. The van der Waals surface area contributed by atoms with E-state index in [0.717, 1.165) is 12.1 Å². The van der Waals surface area contributed by atoms with Crippen LogP contribution >= 0.6 is 0 Å². The van der Waals surface area contributed by atoms with Crippen LogP contribution in [0, 0.1) is 11.6 Å². The quantitative estimate of drug-likeness (QED) is 0.760. The Hall–Kier alpha value is -3.24. The molecule has 176 valence electrons. The normalized spacial score (nSPS) is 20.9. The second kappa shape index (κ2) is 9.72. The van der Waals surface area contributed by atoms with Crippen LogP contribution in [0.2, 0.25) is 0 Å². The van der Waals surface area contributed by atoms with E-state index in [2.05, 4.69) is 5.32 Å². The minimum absolute atomic E-state index is 0.0344. The van der Waals surface area contributed by atoms with Gasteiger partial charge in [-0.05, 0) is 36.8 Å². The number of anilines is 1. The number of amides is 3. The Morgan fingerprint density at radius 3 is 2.58 bits per heavy atom. The number of carbonyl (C=O) groups excluding carboxylic acids is 2. The van der Waals surface area contributed by atoms with Crippen molar-refractivity contribution in [2.75, 3.05) is 51.8 Å². The number of carbonyl (C=O) groups is 2. The maximum Gasteiger partial charge on any atom is 0.322 e. The van der Waals surface area contributed by atoms with E-state index in [1.165, 1.54) is 11.0 Å². The second-order valence-corrected chi connectivity index (χ2v) is 7.90. The zero-order valence-electron chi connectivity index (χ0n) is 18.2. The molecule has 0 aliphatic carbocycles. The third-order valence-electron chi connectivity index (χ3n) is 5.59. The highest BCUT2D eigenvalue weighted by molar-refractivity contribution is 5.94. The van der Waals surface area contributed by atoms with Gasteiger partial charge < -0.3 is 29.3 Å². The Morgan fingerprint density at radius 2 is 1.79 bits per heavy atom. The van der Waals surface area contributed by atoms with Crippen molar-refractivity contribution in [2.24, 2.45) is 0 Å². The monoisotopic (exact) mass is 461 g/mol. The van der Waals surface area contributed by atoms with E-state index in [4.69, 9.17) is 14.2 Å². The van der Waals surface area contributed by atoms with Crippen molar-refractivity contribution in [1.29, 1.82) is 0 Å². The molecule has 1 N–H and O–H groups in total. The predicted octanol–water partition coefficient (Wildman–Crippen LogP) is 3.10. The Balaban J connectivity index is 1.47. The number of ether oxygens (including phenoxy) is 3. The molecule has 1 unspecified atom stereocenters. The highest BCUT2D eigenvalue weighted by Crippen LogP contribution is 2.26. The maximum atomic E-state index is 13.6. The minimum atomic E-state index is -1.21. The van der Waals surface area contributed by atoms with Crippen molar-refractivity contribution in [3.05, 3.63) is 59.7 Å². The summed E-state index contributed by atoms with van der Waals surface area (Å²) in [4.78, 5) is 28.9. The van der Waals surface area contributed by atoms with Gasteiger partial charge >= 0.3 is 6.03 Å². The zero-order chi connectivity index (χ0) is 23.4. The van der Waals surface area contributed by atoms with E-state index >= 15 is 0 Å². The first kappa shape index (κ1) is 22.9. The summed E-state index contributed by atoms with van der Waals surface area (Å²) in [6.07, 6.45) is 0.591. The molecule has 2 aliphatic rings. The first-order valence-electron chi connectivity index (χ1n) is 10.6. The van der Waals surface area contributed by atoms with Crippen LogP contribution in [0.5, 0.6) is 5.75 Å². The van der Waals surface area contributed by atoms with E-state index in [-0.39, 0.29) is 37.8 Å². The number of urea groups is 1. The first-order chi connectivity index (χ1) is 15.9. The Kier molecular flexibility index (Phi) is 6.75. The summed E-state index contributed by atoms with van der Waals surface area (Å²) >= 11 is 0. The molecular weight excluding hydrogens is 436 g/mol. The van der Waals surface area contributed by atoms with Crippen LogP contribution in [0.4, 0.5) is 19.3 Å². The number of nitrogens with zero attached hydrogens (tertiary/aromatic N) is 2. The van der Waals surface area contributed by atoms with Gasteiger partial charge in [-0.1, -0.05) is 6.07 Å². The third kappa shape index (κ3) is 5.23. The molecule has 2 fully saturated rings. The number of hydrogen-bond donors (Lipinski definition) is 1. The van der Waals surface area contributed by atoms with Crippen LogP contribution in [0.3, 0.4) is 0 Å². The van der Waals surface area contributed by atoms with Crippen molar-refractivity contribution >= 4 is 17.6 Å². The van der Waals surface area contributed by atoms with Gasteiger partial charge in [-0.3, -0.25) is 4.79 Å². The highest BCUT2D eigenvalue weighted by atomic mass is 19.2. The van der Waals surface area contributed by atoms with Crippen LogP contribution in [-0.4, -0.2) is 74.0 Å². The molecule has 2 aromatic rings. The molecule has 3 amide bonds. The third-order valence-corrected chi connectivity index (χ3v) is 5.59. The number of morpholine rings is 1. The Labute approximate surface area is 190 Å². The molecule has 1 atom stereocenters. The lowest BCUT2D eigenvalue weighted by atomic mass is 10.1. The second-order valence-electron chi connectivity index (χ2n) is 7.90. The van der Waals surface area contributed by atoms with Crippen molar-refractivity contribution in [3.8, 4) is 5.75 Å². The molecule has 2 heterocycles. The van der Waals surface area contributed by atoms with Gasteiger partial charge in [-0.2, -0.15) is 0 Å². The smallest absolute Gasteiger partial charge is 0.322 e. The molecule has 10 heteroatoms. The van der Waals surface area contributed by atoms with Crippen molar-refractivity contribution < 1.29 is 32.6 Å². The predicted molar refractivity (Wildman–Crippen MR) is 115 cm³/mol. The fraction of sp³-hybridized carbons (Fsp3) is 0.391. The number of halogens is 2. The Bertz CT molecular complexity index is 1040. The molecule has 2 saturated heterocycles. The number of nitrogens with one attached hydrogen (secondary N) is 1. The van der Waals surface area contributed by atoms with E-state index in [9.17, 15) is 18.4 Å². The molecule has 2 aliphatic heterocycles. The van der Waals surface area contributed by atoms with Crippen molar-refractivity contribution in [3.63, 3.8) is 0 Å². The lowest BCUT2D eigenvalue weighted by Gasteiger charge is -2.43. The lowest BCUT2D eigenvalue weighted by Crippen LogP contribution is -2.60. The van der Waals surface area contributed by atoms with Crippen molar-refractivity contribution in [2.45, 2.75) is 12.2 Å². The minimum Gasteiger partial charge on any atom is -0.497 e. The summed E-state index contributed by atoms with van der Waals surface area (Å²) in [5.41, 5.74) is 0.616. The SMILES string of the molecule is COc1cccc(NC(=O)N2CCCOC3(C2)CN(C(=O)c2ccc(F)c(F)c2)CCO3)c1. The van der Waals surface area contributed by atoms with Crippen LogP contribution < -0.4 is 10.1 Å². The van der Waals surface area contributed by atoms with E-state index in [1.807, 2.05) is 0 Å². The molecule has 2 aromatic carbocycles. The van der Waals surface area contributed by atoms with E-state index < -0.39 is 23.3 Å². The highest BCUT2D eigenvalue weighted by Gasteiger charge is 2.43. The van der Waals surface area contributed by atoms with Gasteiger partial charge in [0.2, 0.25) is 5.79 Å². The van der Waals surface area contributed by atoms with Gasteiger partial charge in [-0.15, -0.1) is 0 Å². The van der Waals surface area contributed by atoms with E-state index in [1.54, 1.807) is 36.3 Å². The molecular formula is C23H25F2N3O5. The summed E-state index contributed by atoms with van der Waals surface area (Å²) in [5.74, 6) is -3.17. The summed E-state index contributed by atoms with van der Waals surface area (Å²) in [6, 6.07) is 9.72. The molecule has 1 spiro atoms. The van der Waals surface area contributed by atoms with Gasteiger partial charge in [0.1, 0.15) is 5.75 Å². The van der Waals surface area contributed by atoms with Crippen molar-refractivity contribution in [1.82, 2.24) is 9.80 Å². The Morgan fingerprint density at radius 1 is 1.00 bits per heavy atom. The summed E-state index contributed by atoms with van der Waals surface area (Å²) in [5, 5.41) is 2.85. The van der Waals surface area contributed by atoms with Gasteiger partial charge in [-0.25, -0.2) is 13.6 Å². The van der Waals surface area contributed by atoms with Crippen LogP contribution in [0.1, 0.15) is 16.8 Å².